The molecule has 0 fully saturated rings. The number of aromatic nitrogens is 2. The second-order valence-corrected chi connectivity index (χ2v) is 6.87. The third-order valence-electron chi connectivity index (χ3n) is 4.29. The largest absolute Gasteiger partial charge is 0.354 e. The first-order chi connectivity index (χ1) is 12.9. The van der Waals surface area contributed by atoms with Crippen LogP contribution in [-0.4, -0.2) is 65.2 Å². The maximum absolute atomic E-state index is 11.9. The Morgan fingerprint density at radius 1 is 1.25 bits per heavy atom. The fourth-order valence-corrected chi connectivity index (χ4v) is 2.40. The van der Waals surface area contributed by atoms with Gasteiger partial charge in [-0.15, -0.1) is 24.0 Å². The summed E-state index contributed by atoms with van der Waals surface area (Å²) in [5.41, 5.74) is 2.09. The lowest BCUT2D eigenvalue weighted by Gasteiger charge is -2.25. The normalized spacial score (nSPS) is 12.1. The molecule has 1 aromatic carbocycles. The Morgan fingerprint density at radius 3 is 2.54 bits per heavy atom. The minimum atomic E-state index is -0.0243. The molecule has 2 aromatic rings. The van der Waals surface area contributed by atoms with Crippen LogP contribution >= 0.6 is 24.0 Å². The highest BCUT2D eigenvalue weighted by atomic mass is 127. The van der Waals surface area contributed by atoms with E-state index in [0.717, 1.165) is 17.7 Å². The molecule has 2 rings (SSSR count). The number of hydrogen-bond acceptors (Lipinski definition) is 3. The number of likely N-dealkylation sites (N-methyl/N-ethyl adjacent to an activating group) is 1. The highest BCUT2D eigenvalue weighted by Gasteiger charge is 2.13. The number of carbonyl (C=O) groups excluding carboxylic acids is 1. The van der Waals surface area contributed by atoms with Crippen molar-refractivity contribution in [2.75, 3.05) is 27.7 Å². The average Bonchev–Trinajstić information content (AvgIpc) is 3.13. The summed E-state index contributed by atoms with van der Waals surface area (Å²) in [6.07, 6.45) is 4.84. The zero-order chi connectivity index (χ0) is 19.8. The predicted octanol–water partition coefficient (Wildman–Crippen LogP) is 2.75. The molecule has 0 aliphatic carbocycles. The number of hydrogen-bond donors (Lipinski definition) is 1. The van der Waals surface area contributed by atoms with Crippen molar-refractivity contribution in [3.63, 3.8) is 0 Å². The lowest BCUT2D eigenvalue weighted by atomic mass is 10.2. The fraction of sp³-hybridized carbons (Fsp3) is 0.450. The Labute approximate surface area is 184 Å². The molecule has 1 atom stereocenters. The van der Waals surface area contributed by atoms with Crippen LogP contribution in [0.15, 0.2) is 47.7 Å². The zero-order valence-corrected chi connectivity index (χ0v) is 19.6. The highest BCUT2D eigenvalue weighted by molar-refractivity contribution is 14.0. The van der Waals surface area contributed by atoms with Gasteiger partial charge in [-0.25, -0.2) is 9.67 Å². The lowest BCUT2D eigenvalue weighted by molar-refractivity contribution is -0.127. The Bertz CT molecular complexity index is 759. The van der Waals surface area contributed by atoms with Crippen molar-refractivity contribution in [3.8, 4) is 5.69 Å². The minimum absolute atomic E-state index is 0. The Morgan fingerprint density at radius 2 is 1.93 bits per heavy atom. The maximum Gasteiger partial charge on any atom is 0.243 e. The summed E-state index contributed by atoms with van der Waals surface area (Å²) >= 11 is 0. The molecule has 0 bridgehead atoms. The van der Waals surface area contributed by atoms with E-state index >= 15 is 0 Å². The number of nitrogens with zero attached hydrogens (tertiary/aromatic N) is 5. The number of guanidine groups is 1. The smallest absolute Gasteiger partial charge is 0.243 e. The van der Waals surface area contributed by atoms with E-state index in [4.69, 9.17) is 0 Å². The van der Waals surface area contributed by atoms with Crippen LogP contribution in [0, 0.1) is 0 Å². The van der Waals surface area contributed by atoms with E-state index in [0.29, 0.717) is 12.5 Å². The first-order valence-electron chi connectivity index (χ1n) is 9.22. The molecular weight excluding hydrogens is 467 g/mol. The van der Waals surface area contributed by atoms with Crippen molar-refractivity contribution in [2.45, 2.75) is 32.9 Å². The van der Waals surface area contributed by atoms with E-state index in [1.54, 1.807) is 19.0 Å². The number of para-hydroxylation sites is 1. The third-order valence-corrected chi connectivity index (χ3v) is 4.29. The molecule has 7 nitrogen and oxygen atoms in total. The van der Waals surface area contributed by atoms with E-state index in [-0.39, 0.29) is 42.5 Å². The number of rotatable bonds is 7. The molecule has 0 spiro atoms. The molecular formula is C20H31IN6O. The molecule has 8 heteroatoms. The van der Waals surface area contributed by atoms with Gasteiger partial charge in [0.05, 0.1) is 11.9 Å². The topological polar surface area (TPSA) is 65.8 Å². The molecule has 1 heterocycles. The first-order valence-corrected chi connectivity index (χ1v) is 9.22. The van der Waals surface area contributed by atoms with Crippen LogP contribution in [0.25, 0.3) is 5.69 Å². The molecule has 28 heavy (non-hydrogen) atoms. The van der Waals surface area contributed by atoms with E-state index in [1.807, 2.05) is 59.4 Å². The number of aliphatic imine (C=N–C) groups is 1. The predicted molar refractivity (Wildman–Crippen MR) is 124 cm³/mol. The number of halogens is 1. The number of amides is 1. The number of benzene rings is 1. The first kappa shape index (κ1) is 23.9. The van der Waals surface area contributed by atoms with Gasteiger partial charge in [-0.2, -0.15) is 5.10 Å². The Kier molecular flexibility index (Phi) is 9.98. The van der Waals surface area contributed by atoms with Crippen molar-refractivity contribution in [1.29, 1.82) is 0 Å². The zero-order valence-electron chi connectivity index (χ0n) is 17.3. The van der Waals surface area contributed by atoms with Gasteiger partial charge >= 0.3 is 0 Å². The van der Waals surface area contributed by atoms with Crippen LogP contribution < -0.4 is 5.32 Å². The maximum atomic E-state index is 11.9. The van der Waals surface area contributed by atoms with Crippen molar-refractivity contribution in [1.82, 2.24) is 24.9 Å². The van der Waals surface area contributed by atoms with Crippen molar-refractivity contribution >= 4 is 35.8 Å². The van der Waals surface area contributed by atoms with Crippen molar-refractivity contribution in [3.05, 3.63) is 48.3 Å². The molecule has 0 saturated carbocycles. The SMILES string of the molecule is CCC(C)NC(=NCC(=O)N(C)C)N(C)Cc1cnn(-c2ccccc2)c1.I. The van der Waals surface area contributed by atoms with Gasteiger partial charge in [0.1, 0.15) is 6.54 Å². The average molecular weight is 498 g/mol. The molecule has 0 saturated heterocycles. The summed E-state index contributed by atoms with van der Waals surface area (Å²) in [5.74, 6) is 0.691. The van der Waals surface area contributed by atoms with Crippen molar-refractivity contribution in [2.24, 2.45) is 4.99 Å². The van der Waals surface area contributed by atoms with Gasteiger partial charge in [0.2, 0.25) is 5.91 Å². The molecule has 1 unspecified atom stereocenters. The standard InChI is InChI=1S/C20H30N6O.HI/c1-6-16(2)23-20(21-13-19(27)24(3)4)25(5)14-17-12-22-26(15-17)18-10-8-7-9-11-18;/h7-12,15-16H,6,13-14H2,1-5H3,(H,21,23);1H. The highest BCUT2D eigenvalue weighted by Crippen LogP contribution is 2.09. The van der Waals surface area contributed by atoms with E-state index in [9.17, 15) is 4.79 Å². The molecule has 0 aliphatic heterocycles. The molecule has 1 N–H and O–H groups in total. The minimum Gasteiger partial charge on any atom is -0.354 e. The van der Waals surface area contributed by atoms with E-state index < -0.39 is 0 Å². The third kappa shape index (κ3) is 7.14. The van der Waals surface area contributed by atoms with Gasteiger partial charge in [-0.1, -0.05) is 25.1 Å². The van der Waals surface area contributed by atoms with Gasteiger partial charge < -0.3 is 15.1 Å². The number of nitrogens with one attached hydrogen (secondary N) is 1. The Balaban J connectivity index is 0.00000392. The van der Waals surface area contributed by atoms with Gasteiger partial charge in [0.15, 0.2) is 5.96 Å². The van der Waals surface area contributed by atoms with Crippen LogP contribution in [0.4, 0.5) is 0 Å². The molecule has 154 valence electrons. The van der Waals surface area contributed by atoms with Crippen LogP contribution in [-0.2, 0) is 11.3 Å². The van der Waals surface area contributed by atoms with E-state index in [1.165, 1.54) is 0 Å². The van der Waals surface area contributed by atoms with E-state index in [2.05, 4.69) is 29.3 Å². The van der Waals surface area contributed by atoms with Crippen LogP contribution in [0.2, 0.25) is 0 Å². The van der Waals surface area contributed by atoms with Gasteiger partial charge in [0.25, 0.3) is 0 Å². The van der Waals surface area contributed by atoms with Gasteiger partial charge in [-0.05, 0) is 25.5 Å². The van der Waals surface area contributed by atoms with Crippen LogP contribution in [0.3, 0.4) is 0 Å². The second kappa shape index (κ2) is 11.7. The summed E-state index contributed by atoms with van der Waals surface area (Å²) in [6.45, 7) is 4.99. The van der Waals surface area contributed by atoms with Crippen LogP contribution in [0.5, 0.6) is 0 Å². The molecule has 0 aliphatic rings. The van der Waals surface area contributed by atoms with Crippen LogP contribution in [0.1, 0.15) is 25.8 Å². The monoisotopic (exact) mass is 498 g/mol. The summed E-state index contributed by atoms with van der Waals surface area (Å²) in [5, 5.41) is 7.84. The molecule has 1 aromatic heterocycles. The lowest BCUT2D eigenvalue weighted by Crippen LogP contribution is -2.43. The number of carbonyl (C=O) groups is 1. The van der Waals surface area contributed by atoms with Gasteiger partial charge in [-0.3, -0.25) is 4.79 Å². The second-order valence-electron chi connectivity index (χ2n) is 6.87. The quantitative estimate of drug-likeness (QED) is 0.362. The van der Waals surface area contributed by atoms with Crippen molar-refractivity contribution < 1.29 is 4.79 Å². The summed E-state index contributed by atoms with van der Waals surface area (Å²) in [4.78, 5) is 20.0. The molecule has 1 amide bonds. The summed E-state index contributed by atoms with van der Waals surface area (Å²) in [6, 6.07) is 10.3. The summed E-state index contributed by atoms with van der Waals surface area (Å²) in [7, 11) is 5.44. The Hall–Kier alpha value is -2.10. The fourth-order valence-electron chi connectivity index (χ4n) is 2.40. The molecule has 0 radical (unpaired) electrons. The van der Waals surface area contributed by atoms with Gasteiger partial charge in [0, 0.05) is 45.5 Å². The summed E-state index contributed by atoms with van der Waals surface area (Å²) < 4.78 is 1.86.